The molecule has 0 N–H and O–H groups in total. The first-order chi connectivity index (χ1) is 10.3. The molecule has 4 aromatic heterocycles. The van der Waals surface area contributed by atoms with Crippen LogP contribution in [0.1, 0.15) is 5.76 Å². The normalized spacial score (nSPS) is 11.3. The minimum Gasteiger partial charge on any atom is -0.467 e. The van der Waals surface area contributed by atoms with E-state index in [9.17, 15) is 0 Å². The van der Waals surface area contributed by atoms with Gasteiger partial charge in [0.05, 0.1) is 12.8 Å². The molecular weight excluding hydrogens is 290 g/mol. The van der Waals surface area contributed by atoms with Gasteiger partial charge >= 0.3 is 0 Å². The molecule has 4 rings (SSSR count). The van der Waals surface area contributed by atoms with Gasteiger partial charge in [0, 0.05) is 6.20 Å². The van der Waals surface area contributed by atoms with E-state index in [1.807, 2.05) is 28.8 Å². The summed E-state index contributed by atoms with van der Waals surface area (Å²) in [5.41, 5.74) is 1.57. The summed E-state index contributed by atoms with van der Waals surface area (Å²) in [4.78, 5) is 8.98. The molecule has 4 heterocycles. The first kappa shape index (κ1) is 12.2. The number of halogens is 1. The second-order valence-electron chi connectivity index (χ2n) is 4.55. The van der Waals surface area contributed by atoms with Crippen molar-refractivity contribution in [1.82, 2.24) is 14.5 Å². The highest BCUT2D eigenvalue weighted by Crippen LogP contribution is 2.27. The van der Waals surface area contributed by atoms with Crippen LogP contribution in [0, 0.1) is 0 Å². The second kappa shape index (κ2) is 4.79. The van der Waals surface area contributed by atoms with Crippen LogP contribution >= 0.6 is 11.6 Å². The third kappa shape index (κ3) is 2.11. The Labute approximate surface area is 124 Å². The Morgan fingerprint density at radius 2 is 2.10 bits per heavy atom. The highest BCUT2D eigenvalue weighted by molar-refractivity contribution is 6.28. The van der Waals surface area contributed by atoms with Gasteiger partial charge in [-0.3, -0.25) is 4.57 Å². The fraction of sp³-hybridized carbons (Fsp3) is 0.0667. The molecule has 0 aliphatic carbocycles. The van der Waals surface area contributed by atoms with E-state index in [-0.39, 0.29) is 0 Å². The maximum atomic E-state index is 5.87. The molecule has 21 heavy (non-hydrogen) atoms. The van der Waals surface area contributed by atoms with Crippen molar-refractivity contribution in [3.05, 3.63) is 59.8 Å². The summed E-state index contributed by atoms with van der Waals surface area (Å²) in [7, 11) is 0. The van der Waals surface area contributed by atoms with Gasteiger partial charge in [0.1, 0.15) is 11.3 Å². The molecule has 0 saturated carbocycles. The van der Waals surface area contributed by atoms with Crippen molar-refractivity contribution in [2.24, 2.45) is 0 Å². The maximum Gasteiger partial charge on any atom is 0.194 e. The predicted molar refractivity (Wildman–Crippen MR) is 78.1 cm³/mol. The van der Waals surface area contributed by atoms with Gasteiger partial charge in [-0.25, -0.2) is 9.97 Å². The molecule has 0 unspecified atom stereocenters. The molecular formula is C15H10ClN3O2. The number of aromatic nitrogens is 3. The number of rotatable bonds is 3. The fourth-order valence-corrected chi connectivity index (χ4v) is 2.44. The molecule has 0 amide bonds. The van der Waals surface area contributed by atoms with E-state index in [0.717, 1.165) is 16.9 Å². The van der Waals surface area contributed by atoms with E-state index in [1.165, 1.54) is 0 Å². The van der Waals surface area contributed by atoms with E-state index in [1.54, 1.807) is 24.6 Å². The predicted octanol–water partition coefficient (Wildman–Crippen LogP) is 3.99. The van der Waals surface area contributed by atoms with E-state index in [0.29, 0.717) is 23.3 Å². The molecule has 5 nitrogen and oxygen atoms in total. The number of imidazole rings is 1. The lowest BCUT2D eigenvalue weighted by molar-refractivity contribution is 0.494. The largest absolute Gasteiger partial charge is 0.467 e. The Balaban J connectivity index is 1.92. The zero-order valence-corrected chi connectivity index (χ0v) is 11.6. The number of furan rings is 2. The summed E-state index contributed by atoms with van der Waals surface area (Å²) < 4.78 is 12.8. The van der Waals surface area contributed by atoms with Gasteiger partial charge in [0.15, 0.2) is 22.5 Å². The molecule has 6 heteroatoms. The topological polar surface area (TPSA) is 57.0 Å². The average molecular weight is 300 g/mol. The van der Waals surface area contributed by atoms with E-state index >= 15 is 0 Å². The average Bonchev–Trinajstić information content (AvgIpc) is 3.20. The lowest BCUT2D eigenvalue weighted by Gasteiger charge is -2.04. The molecule has 0 saturated heterocycles. The summed E-state index contributed by atoms with van der Waals surface area (Å²) in [5, 5.41) is 0.328. The first-order valence-corrected chi connectivity index (χ1v) is 6.78. The van der Waals surface area contributed by atoms with Crippen LogP contribution in [-0.2, 0) is 6.54 Å². The summed E-state index contributed by atoms with van der Waals surface area (Å²) in [6.45, 7) is 0.522. The molecule has 0 aromatic carbocycles. The Hall–Kier alpha value is -2.53. The van der Waals surface area contributed by atoms with Crippen LogP contribution in [0.25, 0.3) is 22.7 Å². The first-order valence-electron chi connectivity index (χ1n) is 6.40. The highest BCUT2D eigenvalue weighted by Gasteiger charge is 2.17. The minimum atomic E-state index is 0.328. The van der Waals surface area contributed by atoms with Crippen molar-refractivity contribution >= 4 is 22.8 Å². The molecule has 4 aromatic rings. The van der Waals surface area contributed by atoms with Crippen LogP contribution < -0.4 is 0 Å². The molecule has 0 spiro atoms. The van der Waals surface area contributed by atoms with Gasteiger partial charge in [0.2, 0.25) is 0 Å². The number of hydrogen-bond donors (Lipinski definition) is 0. The molecule has 0 fully saturated rings. The monoisotopic (exact) mass is 299 g/mol. The van der Waals surface area contributed by atoms with E-state index in [4.69, 9.17) is 20.4 Å². The minimum absolute atomic E-state index is 0.328. The van der Waals surface area contributed by atoms with Crippen molar-refractivity contribution in [1.29, 1.82) is 0 Å². The number of pyridine rings is 1. The Bertz CT molecular complexity index is 893. The molecule has 0 bridgehead atoms. The maximum absolute atomic E-state index is 5.87. The summed E-state index contributed by atoms with van der Waals surface area (Å²) in [6, 6.07) is 11.0. The van der Waals surface area contributed by atoms with E-state index < -0.39 is 0 Å². The quantitative estimate of drug-likeness (QED) is 0.574. The van der Waals surface area contributed by atoms with Crippen LogP contribution in [0.4, 0.5) is 0 Å². The van der Waals surface area contributed by atoms with Gasteiger partial charge in [0.25, 0.3) is 0 Å². The van der Waals surface area contributed by atoms with Crippen LogP contribution in [-0.4, -0.2) is 14.5 Å². The Kier molecular flexibility index (Phi) is 2.79. The SMILES string of the molecule is Clc1ccc(-c2nc3cccnc3n2Cc2ccco2)o1. The van der Waals surface area contributed by atoms with Crippen LogP contribution in [0.5, 0.6) is 0 Å². The summed E-state index contributed by atoms with van der Waals surface area (Å²) >= 11 is 5.87. The summed E-state index contributed by atoms with van der Waals surface area (Å²) in [6.07, 6.45) is 3.38. The third-order valence-corrected chi connectivity index (χ3v) is 3.39. The van der Waals surface area contributed by atoms with Gasteiger partial charge in [-0.1, -0.05) is 0 Å². The van der Waals surface area contributed by atoms with Crippen molar-refractivity contribution in [2.45, 2.75) is 6.54 Å². The van der Waals surface area contributed by atoms with E-state index in [2.05, 4.69) is 9.97 Å². The molecule has 0 aliphatic heterocycles. The Morgan fingerprint density at radius 3 is 2.86 bits per heavy atom. The zero-order valence-electron chi connectivity index (χ0n) is 10.9. The van der Waals surface area contributed by atoms with Gasteiger partial charge in [-0.05, 0) is 48.0 Å². The van der Waals surface area contributed by atoms with Crippen molar-refractivity contribution in [2.75, 3.05) is 0 Å². The summed E-state index contributed by atoms with van der Waals surface area (Å²) in [5.74, 6) is 2.09. The number of hydrogen-bond acceptors (Lipinski definition) is 4. The van der Waals surface area contributed by atoms with Crippen LogP contribution in [0.2, 0.25) is 5.22 Å². The number of fused-ring (bicyclic) bond motifs is 1. The standard InChI is InChI=1S/C15H10ClN3O2/c16-13-6-5-12(21-13)15-18-11-4-1-7-17-14(11)19(15)9-10-3-2-8-20-10/h1-8H,9H2. The van der Waals surface area contributed by atoms with Gasteiger partial charge < -0.3 is 8.83 Å². The van der Waals surface area contributed by atoms with Crippen molar-refractivity contribution in [3.8, 4) is 11.6 Å². The second-order valence-corrected chi connectivity index (χ2v) is 4.92. The molecule has 0 aliphatic rings. The van der Waals surface area contributed by atoms with Gasteiger partial charge in [-0.15, -0.1) is 0 Å². The smallest absolute Gasteiger partial charge is 0.194 e. The highest BCUT2D eigenvalue weighted by atomic mass is 35.5. The third-order valence-electron chi connectivity index (χ3n) is 3.19. The molecule has 104 valence electrons. The molecule has 0 atom stereocenters. The lowest BCUT2D eigenvalue weighted by atomic mass is 10.4. The van der Waals surface area contributed by atoms with Crippen LogP contribution in [0.15, 0.2) is 57.7 Å². The number of nitrogens with zero attached hydrogens (tertiary/aromatic N) is 3. The zero-order chi connectivity index (χ0) is 14.2. The van der Waals surface area contributed by atoms with Gasteiger partial charge in [-0.2, -0.15) is 0 Å². The fourth-order valence-electron chi connectivity index (χ4n) is 2.29. The molecule has 0 radical (unpaired) electrons. The van der Waals surface area contributed by atoms with Crippen molar-refractivity contribution < 1.29 is 8.83 Å². The van der Waals surface area contributed by atoms with Crippen molar-refractivity contribution in [3.63, 3.8) is 0 Å². The van der Waals surface area contributed by atoms with Crippen LogP contribution in [0.3, 0.4) is 0 Å². The lowest BCUT2D eigenvalue weighted by Crippen LogP contribution is -2.01. The Morgan fingerprint density at radius 1 is 1.14 bits per heavy atom.